The van der Waals surface area contributed by atoms with Crippen LogP contribution in [-0.4, -0.2) is 40.4 Å². The predicted octanol–water partition coefficient (Wildman–Crippen LogP) is 1.93. The lowest BCUT2D eigenvalue weighted by Crippen LogP contribution is -2.68. The summed E-state index contributed by atoms with van der Waals surface area (Å²) >= 11 is 0. The van der Waals surface area contributed by atoms with Gasteiger partial charge in [-0.25, -0.2) is 4.79 Å². The molecule has 4 heteroatoms. The molecule has 0 aromatic carbocycles. The molecule has 1 N–H and O–H groups in total. The smallest absolute Gasteiger partial charge is 0.410 e. The number of aliphatic hydroxyl groups is 1. The highest BCUT2D eigenvalue weighted by Crippen LogP contribution is 2.54. The number of ether oxygens (including phenoxy) is 1. The summed E-state index contributed by atoms with van der Waals surface area (Å²) in [6, 6.07) is 0. The maximum atomic E-state index is 11.7. The number of hydrogen-bond acceptors (Lipinski definition) is 3. The Balaban J connectivity index is 1.81. The first-order valence-corrected chi connectivity index (χ1v) is 6.01. The Morgan fingerprint density at radius 1 is 1.41 bits per heavy atom. The quantitative estimate of drug-likeness (QED) is 0.711. The van der Waals surface area contributed by atoms with Crippen LogP contribution in [0.5, 0.6) is 0 Å². The van der Waals surface area contributed by atoms with Gasteiger partial charge in [0.25, 0.3) is 0 Å². The first-order chi connectivity index (χ1) is 7.67. The van der Waals surface area contributed by atoms with Gasteiger partial charge >= 0.3 is 6.09 Å². The third kappa shape index (κ3) is 2.32. The summed E-state index contributed by atoms with van der Waals surface area (Å²) in [6.07, 6.45) is 2.78. The van der Waals surface area contributed by atoms with Crippen molar-refractivity contribution in [3.8, 4) is 0 Å². The van der Waals surface area contributed by atoms with E-state index in [1.54, 1.807) is 11.0 Å². The number of nitrogens with zero attached hydrogens (tertiary/aromatic N) is 1. The van der Waals surface area contributed by atoms with Gasteiger partial charge in [-0.1, -0.05) is 6.08 Å². The van der Waals surface area contributed by atoms with E-state index in [4.69, 9.17) is 4.74 Å². The van der Waals surface area contributed by atoms with E-state index in [0.29, 0.717) is 25.9 Å². The first-order valence-electron chi connectivity index (χ1n) is 6.01. The number of amides is 1. The van der Waals surface area contributed by atoms with Gasteiger partial charge in [0.05, 0.1) is 5.60 Å². The Morgan fingerprint density at radius 3 is 2.35 bits per heavy atom. The molecule has 1 aliphatic carbocycles. The van der Waals surface area contributed by atoms with Crippen LogP contribution in [0, 0.1) is 5.41 Å². The van der Waals surface area contributed by atoms with Crippen LogP contribution in [0.15, 0.2) is 12.7 Å². The third-order valence-corrected chi connectivity index (χ3v) is 3.45. The summed E-state index contributed by atoms with van der Waals surface area (Å²) in [5, 5.41) is 9.88. The van der Waals surface area contributed by atoms with Gasteiger partial charge in [-0.05, 0) is 33.6 Å². The molecular weight excluding hydrogens is 218 g/mol. The molecule has 2 fully saturated rings. The van der Waals surface area contributed by atoms with Crippen LogP contribution in [0.2, 0.25) is 0 Å². The Bertz CT molecular complexity index is 342. The number of rotatable bonds is 1. The van der Waals surface area contributed by atoms with Crippen molar-refractivity contribution in [2.45, 2.75) is 44.8 Å². The van der Waals surface area contributed by atoms with Crippen LogP contribution in [0.3, 0.4) is 0 Å². The van der Waals surface area contributed by atoms with Crippen molar-refractivity contribution in [1.29, 1.82) is 0 Å². The van der Waals surface area contributed by atoms with Crippen LogP contribution < -0.4 is 0 Å². The second kappa shape index (κ2) is 3.48. The van der Waals surface area contributed by atoms with E-state index in [1.807, 2.05) is 20.8 Å². The van der Waals surface area contributed by atoms with Crippen LogP contribution in [-0.2, 0) is 4.74 Å². The molecule has 0 atom stereocenters. The fourth-order valence-electron chi connectivity index (χ4n) is 2.83. The molecule has 2 aliphatic rings. The summed E-state index contributed by atoms with van der Waals surface area (Å²) in [5.41, 5.74) is -1.04. The molecule has 0 aromatic heterocycles. The van der Waals surface area contributed by atoms with E-state index in [9.17, 15) is 9.90 Å². The van der Waals surface area contributed by atoms with Crippen molar-refractivity contribution in [3.05, 3.63) is 12.7 Å². The Labute approximate surface area is 102 Å². The lowest BCUT2D eigenvalue weighted by molar-refractivity contribution is -0.160. The maximum Gasteiger partial charge on any atom is 0.410 e. The summed E-state index contributed by atoms with van der Waals surface area (Å²) < 4.78 is 5.29. The molecule has 2 rings (SSSR count). The van der Waals surface area contributed by atoms with E-state index in [-0.39, 0.29) is 11.5 Å². The minimum absolute atomic E-state index is 0.111. The Kier molecular flexibility index (Phi) is 2.54. The van der Waals surface area contributed by atoms with E-state index < -0.39 is 11.2 Å². The van der Waals surface area contributed by atoms with E-state index in [1.165, 1.54) is 0 Å². The molecule has 1 aliphatic heterocycles. The Hall–Kier alpha value is -1.03. The third-order valence-electron chi connectivity index (χ3n) is 3.45. The van der Waals surface area contributed by atoms with Crippen LogP contribution in [0.25, 0.3) is 0 Å². The number of hydrogen-bond donors (Lipinski definition) is 1. The lowest BCUT2D eigenvalue weighted by atomic mass is 9.55. The molecule has 1 saturated carbocycles. The molecule has 1 spiro atoms. The fourth-order valence-corrected chi connectivity index (χ4v) is 2.83. The van der Waals surface area contributed by atoms with E-state index >= 15 is 0 Å². The predicted molar refractivity (Wildman–Crippen MR) is 64.6 cm³/mol. The van der Waals surface area contributed by atoms with Gasteiger partial charge in [-0.3, -0.25) is 0 Å². The number of likely N-dealkylation sites (tertiary alicyclic amines) is 1. The molecule has 0 unspecified atom stereocenters. The highest BCUT2D eigenvalue weighted by Gasteiger charge is 2.59. The Morgan fingerprint density at radius 2 is 1.94 bits per heavy atom. The summed E-state index contributed by atoms with van der Waals surface area (Å²) in [4.78, 5) is 13.4. The van der Waals surface area contributed by atoms with Crippen molar-refractivity contribution in [2.75, 3.05) is 13.1 Å². The molecule has 17 heavy (non-hydrogen) atoms. The number of carbonyl (C=O) groups excluding carboxylic acids is 1. The van der Waals surface area contributed by atoms with Gasteiger partial charge in [0, 0.05) is 18.5 Å². The molecule has 0 bridgehead atoms. The van der Waals surface area contributed by atoms with Gasteiger partial charge in [-0.2, -0.15) is 0 Å². The van der Waals surface area contributed by atoms with Gasteiger partial charge in [0.1, 0.15) is 5.60 Å². The first kappa shape index (κ1) is 12.4. The minimum Gasteiger partial charge on any atom is -0.444 e. The average Bonchev–Trinajstić information content (AvgIpc) is 2.05. The van der Waals surface area contributed by atoms with E-state index in [0.717, 1.165) is 0 Å². The van der Waals surface area contributed by atoms with Gasteiger partial charge in [0.2, 0.25) is 0 Å². The highest BCUT2D eigenvalue weighted by molar-refractivity contribution is 5.69. The fraction of sp³-hybridized carbons (Fsp3) is 0.769. The average molecular weight is 239 g/mol. The maximum absolute atomic E-state index is 11.7. The van der Waals surface area contributed by atoms with Crippen molar-refractivity contribution in [3.63, 3.8) is 0 Å². The number of carbonyl (C=O) groups is 1. The highest BCUT2D eigenvalue weighted by atomic mass is 16.6. The SMILES string of the molecule is C=CC1(O)CC2(CN(C(=O)OC(C)(C)C)C2)C1. The normalized spacial score (nSPS) is 24.8. The lowest BCUT2D eigenvalue weighted by Gasteiger charge is -2.61. The van der Waals surface area contributed by atoms with Crippen molar-refractivity contribution < 1.29 is 14.6 Å². The standard InChI is InChI=1S/C13H21NO3/c1-5-13(16)6-12(7-13)8-14(9-12)10(15)17-11(2,3)4/h5,16H,1,6-9H2,2-4H3. The van der Waals surface area contributed by atoms with Crippen LogP contribution in [0.1, 0.15) is 33.6 Å². The van der Waals surface area contributed by atoms with Gasteiger partial charge in [-0.15, -0.1) is 6.58 Å². The minimum atomic E-state index is -0.708. The molecule has 96 valence electrons. The zero-order valence-electron chi connectivity index (χ0n) is 10.8. The molecule has 0 aromatic rings. The molecular formula is C13H21NO3. The molecule has 1 amide bonds. The van der Waals surface area contributed by atoms with E-state index in [2.05, 4.69) is 6.58 Å². The van der Waals surface area contributed by atoms with Crippen LogP contribution in [0.4, 0.5) is 4.79 Å². The van der Waals surface area contributed by atoms with Gasteiger partial charge in [0.15, 0.2) is 0 Å². The molecule has 4 nitrogen and oxygen atoms in total. The molecule has 1 heterocycles. The summed E-state index contributed by atoms with van der Waals surface area (Å²) in [6.45, 7) is 10.6. The van der Waals surface area contributed by atoms with Crippen molar-refractivity contribution in [1.82, 2.24) is 4.90 Å². The van der Waals surface area contributed by atoms with Crippen molar-refractivity contribution >= 4 is 6.09 Å². The summed E-state index contributed by atoms with van der Waals surface area (Å²) in [7, 11) is 0. The zero-order valence-corrected chi connectivity index (χ0v) is 10.8. The zero-order chi connectivity index (χ0) is 12.9. The monoisotopic (exact) mass is 239 g/mol. The molecule has 1 saturated heterocycles. The second-order valence-electron chi connectivity index (χ2n) is 6.50. The van der Waals surface area contributed by atoms with Gasteiger partial charge < -0.3 is 14.7 Å². The largest absolute Gasteiger partial charge is 0.444 e. The second-order valence-corrected chi connectivity index (χ2v) is 6.50. The van der Waals surface area contributed by atoms with Crippen molar-refractivity contribution in [2.24, 2.45) is 5.41 Å². The topological polar surface area (TPSA) is 49.8 Å². The summed E-state index contributed by atoms with van der Waals surface area (Å²) in [5.74, 6) is 0. The van der Waals surface area contributed by atoms with Crippen LogP contribution >= 0.6 is 0 Å². The molecule has 0 radical (unpaired) electrons.